The van der Waals surface area contributed by atoms with E-state index in [1.807, 2.05) is 30.5 Å². The highest BCUT2D eigenvalue weighted by atomic mass is 32.1. The van der Waals surface area contributed by atoms with Crippen molar-refractivity contribution in [2.24, 2.45) is 0 Å². The number of carbonyl (C=O) groups is 1. The number of thiophene rings is 1. The van der Waals surface area contributed by atoms with Gasteiger partial charge in [0.1, 0.15) is 0 Å². The van der Waals surface area contributed by atoms with Crippen LogP contribution in [0.5, 0.6) is 0 Å². The smallest absolute Gasteiger partial charge is 0.255 e. The molecule has 5 heteroatoms. The van der Waals surface area contributed by atoms with Crippen LogP contribution < -0.4 is 0 Å². The Balaban J connectivity index is 2.27. The molecule has 1 N–H and O–H groups in total. The van der Waals surface area contributed by atoms with Crippen molar-refractivity contribution in [1.29, 1.82) is 0 Å². The van der Waals surface area contributed by atoms with E-state index in [1.54, 1.807) is 24.5 Å². The standard InChI is InChI=1S/C14H16N2O2S/c1-10-11(14(18)16(2)7-8-17)5-6-12(15-10)13-4-3-9-19-13/h3-6,9,17H,7-8H2,1-2H3. The van der Waals surface area contributed by atoms with Crippen LogP contribution in [0, 0.1) is 6.92 Å². The Labute approximate surface area is 116 Å². The van der Waals surface area contributed by atoms with Gasteiger partial charge in [0.05, 0.1) is 28.4 Å². The molecule has 0 fully saturated rings. The van der Waals surface area contributed by atoms with Gasteiger partial charge in [0.15, 0.2) is 0 Å². The Morgan fingerprint density at radius 3 is 2.79 bits per heavy atom. The van der Waals surface area contributed by atoms with Gasteiger partial charge < -0.3 is 10.0 Å². The zero-order chi connectivity index (χ0) is 13.8. The second-order valence-electron chi connectivity index (χ2n) is 4.26. The molecule has 2 aromatic rings. The highest BCUT2D eigenvalue weighted by molar-refractivity contribution is 7.13. The third-order valence-corrected chi connectivity index (χ3v) is 3.76. The lowest BCUT2D eigenvalue weighted by atomic mass is 10.1. The van der Waals surface area contributed by atoms with Crippen LogP contribution in [0.25, 0.3) is 10.6 Å². The number of aliphatic hydroxyl groups excluding tert-OH is 1. The maximum atomic E-state index is 12.1. The summed E-state index contributed by atoms with van der Waals surface area (Å²) >= 11 is 1.62. The predicted octanol–water partition coefficient (Wildman–Crippen LogP) is 2.18. The number of hydrogen-bond donors (Lipinski definition) is 1. The molecule has 0 aromatic carbocycles. The summed E-state index contributed by atoms with van der Waals surface area (Å²) in [7, 11) is 1.67. The van der Waals surface area contributed by atoms with Crippen LogP contribution in [-0.4, -0.2) is 41.1 Å². The number of aryl methyl sites for hydroxylation is 1. The van der Waals surface area contributed by atoms with Crippen LogP contribution in [0.4, 0.5) is 0 Å². The fourth-order valence-corrected chi connectivity index (χ4v) is 2.50. The Hall–Kier alpha value is -1.72. The van der Waals surface area contributed by atoms with Crippen molar-refractivity contribution >= 4 is 17.2 Å². The molecular weight excluding hydrogens is 260 g/mol. The van der Waals surface area contributed by atoms with Crippen molar-refractivity contribution in [2.75, 3.05) is 20.2 Å². The average Bonchev–Trinajstić information content (AvgIpc) is 2.92. The monoisotopic (exact) mass is 276 g/mol. The molecular formula is C14H16N2O2S. The van der Waals surface area contributed by atoms with E-state index in [9.17, 15) is 4.79 Å². The molecule has 19 heavy (non-hydrogen) atoms. The first-order valence-corrected chi connectivity index (χ1v) is 6.89. The van der Waals surface area contributed by atoms with Crippen molar-refractivity contribution in [3.05, 3.63) is 40.9 Å². The SMILES string of the molecule is Cc1nc(-c2cccs2)ccc1C(=O)N(C)CCO. The summed E-state index contributed by atoms with van der Waals surface area (Å²) in [5.74, 6) is -0.114. The minimum absolute atomic E-state index is 0.0397. The number of pyridine rings is 1. The summed E-state index contributed by atoms with van der Waals surface area (Å²) in [6, 6.07) is 7.64. The molecule has 4 nitrogen and oxygen atoms in total. The first-order chi connectivity index (χ1) is 9.13. The predicted molar refractivity (Wildman–Crippen MR) is 76.3 cm³/mol. The number of aliphatic hydroxyl groups is 1. The maximum Gasteiger partial charge on any atom is 0.255 e. The molecule has 0 bridgehead atoms. The molecule has 0 unspecified atom stereocenters. The molecule has 0 aliphatic rings. The lowest BCUT2D eigenvalue weighted by Gasteiger charge is -2.16. The van der Waals surface area contributed by atoms with Crippen LogP contribution in [0.1, 0.15) is 16.1 Å². The maximum absolute atomic E-state index is 12.1. The number of carbonyl (C=O) groups excluding carboxylic acids is 1. The molecule has 0 spiro atoms. The van der Waals surface area contributed by atoms with Gasteiger partial charge in [-0.15, -0.1) is 11.3 Å². The first kappa shape index (κ1) is 13.7. The molecule has 0 saturated heterocycles. The second-order valence-corrected chi connectivity index (χ2v) is 5.20. The van der Waals surface area contributed by atoms with E-state index < -0.39 is 0 Å². The van der Waals surface area contributed by atoms with E-state index in [-0.39, 0.29) is 12.5 Å². The molecule has 2 aromatic heterocycles. The third-order valence-electron chi connectivity index (χ3n) is 2.87. The van der Waals surface area contributed by atoms with Gasteiger partial charge in [-0.1, -0.05) is 6.07 Å². The Morgan fingerprint density at radius 1 is 1.42 bits per heavy atom. The normalized spacial score (nSPS) is 10.5. The summed E-state index contributed by atoms with van der Waals surface area (Å²) in [5.41, 5.74) is 2.17. The molecule has 0 saturated carbocycles. The lowest BCUT2D eigenvalue weighted by molar-refractivity contribution is 0.0766. The lowest BCUT2D eigenvalue weighted by Crippen LogP contribution is -2.30. The fourth-order valence-electron chi connectivity index (χ4n) is 1.81. The number of nitrogens with zero attached hydrogens (tertiary/aromatic N) is 2. The van der Waals surface area contributed by atoms with E-state index in [0.717, 1.165) is 10.6 Å². The van der Waals surface area contributed by atoms with Gasteiger partial charge in [0, 0.05) is 13.6 Å². The first-order valence-electron chi connectivity index (χ1n) is 6.01. The summed E-state index contributed by atoms with van der Waals surface area (Å²) in [6.45, 7) is 2.12. The van der Waals surface area contributed by atoms with Crippen molar-refractivity contribution in [1.82, 2.24) is 9.88 Å². The van der Waals surface area contributed by atoms with Gasteiger partial charge in [-0.05, 0) is 30.5 Å². The minimum atomic E-state index is -0.114. The van der Waals surface area contributed by atoms with E-state index in [1.165, 1.54) is 4.90 Å². The van der Waals surface area contributed by atoms with Crippen molar-refractivity contribution in [3.63, 3.8) is 0 Å². The largest absolute Gasteiger partial charge is 0.395 e. The summed E-state index contributed by atoms with van der Waals surface area (Å²) in [5, 5.41) is 10.9. The van der Waals surface area contributed by atoms with E-state index in [0.29, 0.717) is 17.8 Å². The average molecular weight is 276 g/mol. The van der Waals surface area contributed by atoms with Gasteiger partial charge in [-0.2, -0.15) is 0 Å². The topological polar surface area (TPSA) is 53.4 Å². The van der Waals surface area contributed by atoms with Crippen molar-refractivity contribution in [3.8, 4) is 10.6 Å². The molecule has 0 radical (unpaired) electrons. The quantitative estimate of drug-likeness (QED) is 0.931. The Morgan fingerprint density at radius 2 is 2.21 bits per heavy atom. The number of likely N-dealkylation sites (N-methyl/N-ethyl adjacent to an activating group) is 1. The van der Waals surface area contributed by atoms with E-state index in [4.69, 9.17) is 5.11 Å². The number of amides is 1. The molecule has 0 aliphatic carbocycles. The molecule has 0 aliphatic heterocycles. The van der Waals surface area contributed by atoms with Gasteiger partial charge in [0.2, 0.25) is 0 Å². The number of aromatic nitrogens is 1. The Bertz CT molecular complexity index is 567. The van der Waals surface area contributed by atoms with Crippen LogP contribution >= 0.6 is 11.3 Å². The highest BCUT2D eigenvalue weighted by Crippen LogP contribution is 2.24. The van der Waals surface area contributed by atoms with Gasteiger partial charge >= 0.3 is 0 Å². The van der Waals surface area contributed by atoms with E-state index in [2.05, 4.69) is 4.98 Å². The zero-order valence-corrected chi connectivity index (χ0v) is 11.8. The second kappa shape index (κ2) is 5.95. The number of hydrogen-bond acceptors (Lipinski definition) is 4. The highest BCUT2D eigenvalue weighted by Gasteiger charge is 2.15. The zero-order valence-electron chi connectivity index (χ0n) is 11.0. The van der Waals surface area contributed by atoms with Crippen LogP contribution in [-0.2, 0) is 0 Å². The molecule has 100 valence electrons. The third kappa shape index (κ3) is 3.00. The van der Waals surface area contributed by atoms with Gasteiger partial charge in [-0.25, -0.2) is 0 Å². The van der Waals surface area contributed by atoms with Crippen LogP contribution in [0.15, 0.2) is 29.6 Å². The van der Waals surface area contributed by atoms with Crippen LogP contribution in [0.2, 0.25) is 0 Å². The molecule has 2 rings (SSSR count). The Kier molecular flexibility index (Phi) is 4.29. The van der Waals surface area contributed by atoms with Crippen molar-refractivity contribution in [2.45, 2.75) is 6.92 Å². The minimum Gasteiger partial charge on any atom is -0.395 e. The van der Waals surface area contributed by atoms with E-state index >= 15 is 0 Å². The fraction of sp³-hybridized carbons (Fsp3) is 0.286. The van der Waals surface area contributed by atoms with Gasteiger partial charge in [-0.3, -0.25) is 9.78 Å². The summed E-state index contributed by atoms with van der Waals surface area (Å²) in [4.78, 5) is 19.2. The summed E-state index contributed by atoms with van der Waals surface area (Å²) in [6.07, 6.45) is 0. The van der Waals surface area contributed by atoms with Crippen LogP contribution in [0.3, 0.4) is 0 Å². The summed E-state index contributed by atoms with van der Waals surface area (Å²) < 4.78 is 0. The number of rotatable bonds is 4. The van der Waals surface area contributed by atoms with Crippen molar-refractivity contribution < 1.29 is 9.90 Å². The molecule has 1 amide bonds. The molecule has 0 atom stereocenters. The molecule has 2 heterocycles. The van der Waals surface area contributed by atoms with Gasteiger partial charge in [0.25, 0.3) is 5.91 Å².